The normalized spacial score (nSPS) is 10.5. The first-order valence-corrected chi connectivity index (χ1v) is 7.75. The Hall–Kier alpha value is -2.65. The van der Waals surface area contributed by atoms with Crippen LogP contribution in [0, 0.1) is 5.92 Å². The lowest BCUT2D eigenvalue weighted by molar-refractivity contribution is -0.131. The summed E-state index contributed by atoms with van der Waals surface area (Å²) in [5.41, 5.74) is 0.663. The van der Waals surface area contributed by atoms with Crippen molar-refractivity contribution in [2.45, 2.75) is 6.54 Å². The zero-order valence-electron chi connectivity index (χ0n) is 13.7. The Balaban J connectivity index is 2.90. The molecule has 11 heteroatoms. The van der Waals surface area contributed by atoms with Gasteiger partial charge in [0.05, 0.1) is 30.8 Å². The number of aliphatic imine (C=N–C) groups is 1. The van der Waals surface area contributed by atoms with Crippen LogP contribution in [0.1, 0.15) is 5.56 Å². The summed E-state index contributed by atoms with van der Waals surface area (Å²) >= 11 is 11.7. The van der Waals surface area contributed by atoms with Gasteiger partial charge in [-0.15, -0.1) is 0 Å². The minimum Gasteiger partial charge on any atom is -0.453 e. The van der Waals surface area contributed by atoms with Crippen LogP contribution >= 0.6 is 23.2 Å². The minimum absolute atomic E-state index is 0.0738. The molecule has 140 valence electrons. The molecular weight excluding hydrogens is 389 g/mol. The number of hydrogen-bond donors (Lipinski definition) is 2. The molecule has 0 aliphatic heterocycles. The van der Waals surface area contributed by atoms with Crippen LogP contribution in [0.25, 0.3) is 0 Å². The number of rotatable bonds is 5. The number of alkyl carbamates (subject to hydrolysis) is 2. The second-order valence-corrected chi connectivity index (χ2v) is 5.49. The number of carbonyl (C=O) groups excluding carboxylic acids is 4. The molecule has 0 saturated carbocycles. The van der Waals surface area contributed by atoms with E-state index in [4.69, 9.17) is 23.2 Å². The second-order valence-electron chi connectivity index (χ2n) is 4.68. The quantitative estimate of drug-likeness (QED) is 0.571. The number of hydrogen-bond acceptors (Lipinski definition) is 7. The van der Waals surface area contributed by atoms with Crippen molar-refractivity contribution in [1.82, 2.24) is 10.6 Å². The van der Waals surface area contributed by atoms with E-state index in [1.54, 1.807) is 18.2 Å². The average molecular weight is 404 g/mol. The molecule has 0 unspecified atom stereocenters. The maximum Gasteiger partial charge on any atom is 0.413 e. The molecule has 0 atom stereocenters. The monoisotopic (exact) mass is 403 g/mol. The number of nitrogens with zero attached hydrogens (tertiary/aromatic N) is 1. The molecule has 4 amide bonds. The van der Waals surface area contributed by atoms with Gasteiger partial charge in [-0.3, -0.25) is 25.2 Å². The van der Waals surface area contributed by atoms with E-state index in [0.717, 1.165) is 20.4 Å². The van der Waals surface area contributed by atoms with Crippen molar-refractivity contribution in [3.8, 4) is 0 Å². The first-order valence-electron chi connectivity index (χ1n) is 7.00. The number of benzene rings is 1. The molecule has 0 fully saturated rings. The summed E-state index contributed by atoms with van der Waals surface area (Å²) < 4.78 is 8.57. The Kier molecular flexibility index (Phi) is 8.53. The van der Waals surface area contributed by atoms with Crippen LogP contribution in [-0.2, 0) is 25.6 Å². The SMILES string of the molecule is COC(=O)NC(=O)C(C=NCc1ccc(Cl)c(Cl)c1)C(=O)NC(=O)OC. The number of halogens is 2. The Morgan fingerprint density at radius 1 is 1.04 bits per heavy atom. The van der Waals surface area contributed by atoms with Crippen molar-refractivity contribution in [2.75, 3.05) is 14.2 Å². The molecule has 0 heterocycles. The molecule has 0 radical (unpaired) electrons. The summed E-state index contributed by atoms with van der Waals surface area (Å²) in [4.78, 5) is 50.3. The smallest absolute Gasteiger partial charge is 0.413 e. The van der Waals surface area contributed by atoms with Gasteiger partial charge in [-0.25, -0.2) is 9.59 Å². The fourth-order valence-corrected chi connectivity index (χ4v) is 1.94. The molecule has 0 aliphatic rings. The molecule has 0 spiro atoms. The van der Waals surface area contributed by atoms with Gasteiger partial charge < -0.3 is 9.47 Å². The number of carbonyl (C=O) groups is 4. The van der Waals surface area contributed by atoms with Gasteiger partial charge in [-0.2, -0.15) is 0 Å². The first-order chi connectivity index (χ1) is 12.3. The van der Waals surface area contributed by atoms with Gasteiger partial charge in [-0.05, 0) is 17.7 Å². The molecule has 2 N–H and O–H groups in total. The summed E-state index contributed by atoms with van der Waals surface area (Å²) in [6.45, 7) is 0.0738. The van der Waals surface area contributed by atoms with Gasteiger partial charge in [0.15, 0.2) is 5.92 Å². The van der Waals surface area contributed by atoms with Crippen LogP contribution in [0.2, 0.25) is 10.0 Å². The summed E-state index contributed by atoms with van der Waals surface area (Å²) in [7, 11) is 2.09. The third-order valence-electron chi connectivity index (χ3n) is 2.90. The van der Waals surface area contributed by atoms with E-state index in [2.05, 4.69) is 14.5 Å². The fourth-order valence-electron chi connectivity index (χ4n) is 1.61. The van der Waals surface area contributed by atoms with Gasteiger partial charge in [0, 0.05) is 6.21 Å². The number of amides is 4. The summed E-state index contributed by atoms with van der Waals surface area (Å²) in [5.74, 6) is -3.64. The van der Waals surface area contributed by atoms with E-state index in [1.807, 2.05) is 10.6 Å². The van der Waals surface area contributed by atoms with E-state index >= 15 is 0 Å². The summed E-state index contributed by atoms with van der Waals surface area (Å²) in [6.07, 6.45) is -1.15. The number of ether oxygens (including phenoxy) is 2. The zero-order valence-corrected chi connectivity index (χ0v) is 15.3. The lowest BCUT2D eigenvalue weighted by atomic mass is 10.1. The van der Waals surface area contributed by atoms with Crippen LogP contribution in [0.15, 0.2) is 23.2 Å². The highest BCUT2D eigenvalue weighted by molar-refractivity contribution is 6.42. The van der Waals surface area contributed by atoms with Crippen molar-refractivity contribution in [3.05, 3.63) is 33.8 Å². The predicted octanol–water partition coefficient (Wildman–Crippen LogP) is 1.95. The second kappa shape index (κ2) is 10.4. The molecular formula is C15H15Cl2N3O6. The van der Waals surface area contributed by atoms with Gasteiger partial charge in [0.25, 0.3) is 0 Å². The van der Waals surface area contributed by atoms with Gasteiger partial charge >= 0.3 is 12.2 Å². The number of methoxy groups -OCH3 is 2. The van der Waals surface area contributed by atoms with E-state index < -0.39 is 29.9 Å². The Morgan fingerprint density at radius 2 is 1.58 bits per heavy atom. The van der Waals surface area contributed by atoms with Crippen molar-refractivity contribution >= 4 is 53.4 Å². The lowest BCUT2D eigenvalue weighted by Gasteiger charge is -2.11. The van der Waals surface area contributed by atoms with E-state index in [1.165, 1.54) is 0 Å². The van der Waals surface area contributed by atoms with Crippen LogP contribution in [0.5, 0.6) is 0 Å². The van der Waals surface area contributed by atoms with Gasteiger partial charge in [0.2, 0.25) is 11.8 Å². The van der Waals surface area contributed by atoms with Gasteiger partial charge in [0.1, 0.15) is 0 Å². The van der Waals surface area contributed by atoms with Crippen molar-refractivity contribution in [3.63, 3.8) is 0 Å². The van der Waals surface area contributed by atoms with Crippen molar-refractivity contribution < 1.29 is 28.7 Å². The number of nitrogens with one attached hydrogen (secondary N) is 2. The molecule has 0 bridgehead atoms. The van der Waals surface area contributed by atoms with Gasteiger partial charge in [-0.1, -0.05) is 29.3 Å². The lowest BCUT2D eigenvalue weighted by Crippen LogP contribution is -2.45. The standard InChI is InChI=1S/C15H15Cl2N3O6/c1-25-14(23)19-12(21)9(13(22)20-15(24)26-2)7-18-6-8-3-4-10(16)11(17)5-8/h3-5,7,9H,6H2,1-2H3,(H,19,21,23)(H,20,22,24). The molecule has 1 aromatic carbocycles. The zero-order chi connectivity index (χ0) is 19.7. The Bertz CT molecular complexity index is 708. The summed E-state index contributed by atoms with van der Waals surface area (Å²) in [6, 6.07) is 4.79. The first kappa shape index (κ1) is 21.4. The molecule has 1 aromatic rings. The van der Waals surface area contributed by atoms with Crippen molar-refractivity contribution in [1.29, 1.82) is 0 Å². The Morgan fingerprint density at radius 3 is 2.04 bits per heavy atom. The fraction of sp³-hybridized carbons (Fsp3) is 0.267. The average Bonchev–Trinajstić information content (AvgIpc) is 2.60. The third kappa shape index (κ3) is 6.69. The third-order valence-corrected chi connectivity index (χ3v) is 3.64. The van der Waals surface area contributed by atoms with Crippen LogP contribution in [-0.4, -0.2) is 44.4 Å². The van der Waals surface area contributed by atoms with Crippen molar-refractivity contribution in [2.24, 2.45) is 10.9 Å². The topological polar surface area (TPSA) is 123 Å². The summed E-state index contributed by atoms with van der Waals surface area (Å²) in [5, 5.41) is 4.34. The van der Waals surface area contributed by atoms with Crippen LogP contribution < -0.4 is 10.6 Å². The van der Waals surface area contributed by atoms with E-state index in [9.17, 15) is 19.2 Å². The molecule has 0 aliphatic carbocycles. The highest BCUT2D eigenvalue weighted by Crippen LogP contribution is 2.22. The largest absolute Gasteiger partial charge is 0.453 e. The molecule has 26 heavy (non-hydrogen) atoms. The minimum atomic E-state index is -1.57. The highest BCUT2D eigenvalue weighted by atomic mass is 35.5. The maximum atomic E-state index is 12.0. The molecule has 0 aromatic heterocycles. The van der Waals surface area contributed by atoms with E-state index in [-0.39, 0.29) is 6.54 Å². The van der Waals surface area contributed by atoms with Crippen LogP contribution in [0.3, 0.4) is 0 Å². The molecule has 9 nitrogen and oxygen atoms in total. The van der Waals surface area contributed by atoms with E-state index in [0.29, 0.717) is 15.6 Å². The maximum absolute atomic E-state index is 12.0. The number of imide groups is 2. The molecule has 1 rings (SSSR count). The van der Waals surface area contributed by atoms with Crippen LogP contribution in [0.4, 0.5) is 9.59 Å². The molecule has 0 saturated heterocycles. The highest BCUT2D eigenvalue weighted by Gasteiger charge is 2.28. The Labute approximate surface area is 158 Å². The predicted molar refractivity (Wildman–Crippen MR) is 93.2 cm³/mol.